The number of carbonyl (C=O) groups is 2. The Kier molecular flexibility index (Phi) is 6.78. The van der Waals surface area contributed by atoms with E-state index >= 15 is 0 Å². The molecule has 0 radical (unpaired) electrons. The number of aryl methyl sites for hydroxylation is 1. The molecule has 0 N–H and O–H groups in total. The van der Waals surface area contributed by atoms with E-state index in [-0.39, 0.29) is 0 Å². The fourth-order valence-electron chi connectivity index (χ4n) is 3.91. The lowest BCUT2D eigenvalue weighted by atomic mass is 10.2. The maximum atomic E-state index is 12.7. The fraction of sp³-hybridized carbons (Fsp3) is 0.348. The molecule has 174 valence electrons. The van der Waals surface area contributed by atoms with Crippen molar-refractivity contribution in [1.82, 2.24) is 4.57 Å². The summed E-state index contributed by atoms with van der Waals surface area (Å²) < 4.78 is 33.2. The van der Waals surface area contributed by atoms with Gasteiger partial charge in [0.15, 0.2) is 14.6 Å². The van der Waals surface area contributed by atoms with Gasteiger partial charge in [-0.05, 0) is 42.7 Å². The van der Waals surface area contributed by atoms with Crippen LogP contribution in [0.3, 0.4) is 0 Å². The summed E-state index contributed by atoms with van der Waals surface area (Å²) in [7, 11) is -2.38. The van der Waals surface area contributed by atoms with E-state index in [1.165, 1.54) is 16.2 Å². The number of nitrogens with zero attached hydrogens (tertiary/aromatic N) is 3. The van der Waals surface area contributed by atoms with Crippen LogP contribution in [0.4, 0.5) is 5.69 Å². The van der Waals surface area contributed by atoms with Crippen molar-refractivity contribution in [2.45, 2.75) is 19.9 Å². The smallest absolute Gasteiger partial charge is 0.263 e. The van der Waals surface area contributed by atoms with E-state index in [4.69, 9.17) is 4.74 Å². The number of amides is 2. The predicted octanol–water partition coefficient (Wildman–Crippen LogP) is 2.09. The van der Waals surface area contributed by atoms with Gasteiger partial charge < -0.3 is 14.2 Å². The van der Waals surface area contributed by atoms with E-state index in [1.807, 2.05) is 47.9 Å². The van der Waals surface area contributed by atoms with Crippen LogP contribution >= 0.6 is 11.3 Å². The number of aromatic nitrogens is 1. The van der Waals surface area contributed by atoms with Gasteiger partial charge in [-0.2, -0.15) is 4.99 Å². The summed E-state index contributed by atoms with van der Waals surface area (Å²) >= 11 is 1.32. The average molecular weight is 488 g/mol. The van der Waals surface area contributed by atoms with E-state index in [2.05, 4.69) is 4.99 Å². The van der Waals surface area contributed by atoms with Crippen molar-refractivity contribution in [3.05, 3.63) is 58.4 Å². The maximum Gasteiger partial charge on any atom is 0.263 e. The van der Waals surface area contributed by atoms with Crippen LogP contribution in [0.1, 0.15) is 11.1 Å². The Hall–Kier alpha value is -2.82. The number of hydrogen-bond acceptors (Lipinski definition) is 6. The van der Waals surface area contributed by atoms with Crippen molar-refractivity contribution < 1.29 is 22.7 Å². The van der Waals surface area contributed by atoms with E-state index in [0.29, 0.717) is 30.9 Å². The molecule has 0 unspecified atom stereocenters. The summed E-state index contributed by atoms with van der Waals surface area (Å²) in [6, 6.07) is 13.3. The molecule has 2 aromatic carbocycles. The third-order valence-corrected chi connectivity index (χ3v) is 7.87. The number of hydrogen-bond donors (Lipinski definition) is 0. The van der Waals surface area contributed by atoms with Crippen LogP contribution in [-0.4, -0.2) is 56.6 Å². The summed E-state index contributed by atoms with van der Waals surface area (Å²) in [5.41, 5.74) is 3.72. The van der Waals surface area contributed by atoms with Crippen LogP contribution in [-0.2, 0) is 37.1 Å². The van der Waals surface area contributed by atoms with Gasteiger partial charge in [0.2, 0.25) is 5.91 Å². The van der Waals surface area contributed by atoms with Crippen LogP contribution in [0.15, 0.2) is 47.5 Å². The number of rotatable bonds is 7. The monoisotopic (exact) mass is 487 g/mol. The number of ether oxygens (including phenoxy) is 1. The minimum absolute atomic E-state index is 0.410. The van der Waals surface area contributed by atoms with Gasteiger partial charge in [0.1, 0.15) is 11.5 Å². The number of sulfone groups is 1. The molecule has 0 atom stereocenters. The molecule has 3 aromatic rings. The highest BCUT2D eigenvalue weighted by Gasteiger charge is 2.29. The molecular formula is C23H25N3O5S2. The zero-order valence-electron chi connectivity index (χ0n) is 18.5. The van der Waals surface area contributed by atoms with Crippen molar-refractivity contribution in [3.8, 4) is 0 Å². The average Bonchev–Trinajstić information content (AvgIpc) is 3.32. The molecule has 1 aliphatic heterocycles. The number of benzene rings is 2. The van der Waals surface area contributed by atoms with Gasteiger partial charge in [-0.1, -0.05) is 35.6 Å². The summed E-state index contributed by atoms with van der Waals surface area (Å²) in [5, 5.41) is 0. The highest BCUT2D eigenvalue weighted by Crippen LogP contribution is 2.27. The van der Waals surface area contributed by atoms with Crippen molar-refractivity contribution in [1.29, 1.82) is 0 Å². The minimum Gasteiger partial charge on any atom is -0.383 e. The van der Waals surface area contributed by atoms with Crippen molar-refractivity contribution in [2.75, 3.05) is 36.7 Å². The van der Waals surface area contributed by atoms with Crippen molar-refractivity contribution >= 4 is 48.9 Å². The maximum absolute atomic E-state index is 12.7. The van der Waals surface area contributed by atoms with E-state index in [1.54, 1.807) is 13.2 Å². The normalized spacial score (nSPS) is 14.1. The zero-order chi connectivity index (χ0) is 23.6. The van der Waals surface area contributed by atoms with Crippen LogP contribution in [0.2, 0.25) is 0 Å². The fourth-order valence-corrected chi connectivity index (χ4v) is 6.15. The van der Waals surface area contributed by atoms with Gasteiger partial charge >= 0.3 is 0 Å². The molecule has 0 fully saturated rings. The van der Waals surface area contributed by atoms with Crippen LogP contribution in [0.25, 0.3) is 10.2 Å². The molecule has 0 saturated carbocycles. The molecule has 0 spiro atoms. The summed E-state index contributed by atoms with van der Waals surface area (Å²) in [5.74, 6) is -2.86. The van der Waals surface area contributed by atoms with Gasteiger partial charge in [-0.15, -0.1) is 0 Å². The first-order valence-electron chi connectivity index (χ1n) is 10.5. The van der Waals surface area contributed by atoms with Crippen LogP contribution < -0.4 is 9.70 Å². The molecule has 1 aromatic heterocycles. The molecule has 2 amide bonds. The van der Waals surface area contributed by atoms with Gasteiger partial charge in [-0.25, -0.2) is 8.42 Å². The predicted molar refractivity (Wildman–Crippen MR) is 128 cm³/mol. The lowest BCUT2D eigenvalue weighted by Crippen LogP contribution is -2.36. The van der Waals surface area contributed by atoms with Crippen LogP contribution in [0, 0.1) is 6.92 Å². The number of thiazole rings is 1. The van der Waals surface area contributed by atoms with E-state index in [9.17, 15) is 18.0 Å². The van der Waals surface area contributed by atoms with Gasteiger partial charge in [0.05, 0.1) is 16.8 Å². The summed E-state index contributed by atoms with van der Waals surface area (Å²) in [4.78, 5) is 31.2. The van der Waals surface area contributed by atoms with Gasteiger partial charge in [-0.3, -0.25) is 9.59 Å². The molecule has 0 aliphatic carbocycles. The Morgan fingerprint density at radius 1 is 1.15 bits per heavy atom. The SMILES string of the molecule is COCCn1c(=NC(=O)CS(=O)(=O)CC(=O)N2CCc3ccccc32)sc2cc(C)ccc21. The Balaban J connectivity index is 1.53. The second kappa shape index (κ2) is 9.58. The standard InChI is InChI=1S/C23H25N3O5S2/c1-16-7-8-19-20(13-16)32-23(26(19)11-12-31-2)24-21(27)14-33(29,30)15-22(28)25-10-9-17-5-3-4-6-18(17)25/h3-8,13H,9-12,14-15H2,1-2H3. The zero-order valence-corrected chi connectivity index (χ0v) is 20.1. The van der Waals surface area contributed by atoms with Crippen molar-refractivity contribution in [2.24, 2.45) is 4.99 Å². The third-order valence-electron chi connectivity index (χ3n) is 5.45. The molecule has 4 rings (SSSR count). The second-order valence-electron chi connectivity index (χ2n) is 7.96. The molecular weight excluding hydrogens is 462 g/mol. The Morgan fingerprint density at radius 3 is 2.73 bits per heavy atom. The molecule has 0 saturated heterocycles. The highest BCUT2D eigenvalue weighted by atomic mass is 32.2. The molecule has 2 heterocycles. The lowest BCUT2D eigenvalue weighted by Gasteiger charge is -2.17. The first-order chi connectivity index (χ1) is 15.8. The second-order valence-corrected chi connectivity index (χ2v) is 11.0. The largest absolute Gasteiger partial charge is 0.383 e. The number of fused-ring (bicyclic) bond motifs is 2. The van der Waals surface area contributed by atoms with Crippen LogP contribution in [0.5, 0.6) is 0 Å². The molecule has 10 heteroatoms. The van der Waals surface area contributed by atoms with Gasteiger partial charge in [0, 0.05) is 25.9 Å². The van der Waals surface area contributed by atoms with Gasteiger partial charge in [0.25, 0.3) is 5.91 Å². The number of anilines is 1. The highest BCUT2D eigenvalue weighted by molar-refractivity contribution is 7.92. The summed E-state index contributed by atoms with van der Waals surface area (Å²) in [6.45, 7) is 3.31. The third kappa shape index (κ3) is 5.23. The first kappa shape index (κ1) is 23.3. The number of methoxy groups -OCH3 is 1. The quantitative estimate of drug-likeness (QED) is 0.508. The molecule has 33 heavy (non-hydrogen) atoms. The Labute approximate surface area is 196 Å². The Bertz CT molecular complexity index is 1390. The van der Waals surface area contributed by atoms with E-state index < -0.39 is 33.2 Å². The number of carbonyl (C=O) groups excluding carboxylic acids is 2. The van der Waals surface area contributed by atoms with Crippen molar-refractivity contribution in [3.63, 3.8) is 0 Å². The topological polar surface area (TPSA) is 98.0 Å². The molecule has 1 aliphatic rings. The Morgan fingerprint density at radius 2 is 1.94 bits per heavy atom. The lowest BCUT2D eigenvalue weighted by molar-refractivity contribution is -0.116. The molecule has 8 nitrogen and oxygen atoms in total. The number of para-hydroxylation sites is 1. The first-order valence-corrected chi connectivity index (χ1v) is 13.2. The minimum atomic E-state index is -3.97. The summed E-state index contributed by atoms with van der Waals surface area (Å²) in [6.07, 6.45) is 0.684. The molecule has 0 bridgehead atoms. The van der Waals surface area contributed by atoms with E-state index in [0.717, 1.165) is 27.0 Å².